The maximum atomic E-state index is 11.0. The highest BCUT2D eigenvalue weighted by Gasteiger charge is 2.05. The van der Waals surface area contributed by atoms with Gasteiger partial charge in [0.1, 0.15) is 16.4 Å². The maximum absolute atomic E-state index is 11.0. The van der Waals surface area contributed by atoms with Crippen LogP contribution < -0.4 is 0 Å². The van der Waals surface area contributed by atoms with Crippen molar-refractivity contribution in [3.8, 4) is 0 Å². The van der Waals surface area contributed by atoms with Gasteiger partial charge in [0.2, 0.25) is 0 Å². The van der Waals surface area contributed by atoms with Gasteiger partial charge in [-0.25, -0.2) is 8.42 Å². The van der Waals surface area contributed by atoms with E-state index in [1.54, 1.807) is 0 Å². The average Bonchev–Trinajstić information content (AvgIpc) is 1.98. The highest BCUT2D eigenvalue weighted by molar-refractivity contribution is 7.90. The number of ketones is 1. The van der Waals surface area contributed by atoms with Gasteiger partial charge in [-0.3, -0.25) is 4.79 Å². The summed E-state index contributed by atoms with van der Waals surface area (Å²) >= 11 is 0. The van der Waals surface area contributed by atoms with Crippen molar-refractivity contribution in [2.45, 2.75) is 19.8 Å². The van der Waals surface area contributed by atoms with Gasteiger partial charge in [0.15, 0.2) is 5.78 Å². The molecule has 5 heteroatoms. The Morgan fingerprint density at radius 1 is 1.38 bits per heavy atom. The predicted octanol–water partition coefficient (Wildman–Crippen LogP) is 0.417. The van der Waals surface area contributed by atoms with Gasteiger partial charge in [-0.2, -0.15) is 0 Å². The molecule has 0 N–H and O–H groups in total. The molecule has 0 radical (unpaired) electrons. The third-order valence-electron chi connectivity index (χ3n) is 1.44. The zero-order chi connectivity index (χ0) is 10.3. The first kappa shape index (κ1) is 12.6. The van der Waals surface area contributed by atoms with Crippen LogP contribution in [0.2, 0.25) is 0 Å². The van der Waals surface area contributed by atoms with Crippen molar-refractivity contribution in [1.82, 2.24) is 0 Å². The van der Waals surface area contributed by atoms with Crippen molar-refractivity contribution in [3.63, 3.8) is 0 Å². The van der Waals surface area contributed by atoms with Gasteiger partial charge in [-0.15, -0.1) is 0 Å². The summed E-state index contributed by atoms with van der Waals surface area (Å²) < 4.78 is 26.2. The van der Waals surface area contributed by atoms with E-state index in [4.69, 9.17) is 4.74 Å². The fourth-order valence-corrected chi connectivity index (χ4v) is 1.49. The molecule has 0 saturated heterocycles. The third kappa shape index (κ3) is 9.49. The summed E-state index contributed by atoms with van der Waals surface area (Å²) in [4.78, 5) is 11.0. The molecule has 0 aliphatic rings. The second-order valence-electron chi connectivity index (χ2n) is 2.91. The van der Waals surface area contributed by atoms with E-state index < -0.39 is 9.84 Å². The largest absolute Gasteiger partial charge is 0.374 e. The summed E-state index contributed by atoms with van der Waals surface area (Å²) in [7, 11) is -2.93. The molecule has 0 rings (SSSR count). The topological polar surface area (TPSA) is 60.4 Å². The van der Waals surface area contributed by atoms with E-state index in [2.05, 4.69) is 0 Å². The summed E-state index contributed by atoms with van der Waals surface area (Å²) in [6, 6.07) is 0. The number of rotatable bonds is 7. The Bertz CT molecular complexity index is 243. The van der Waals surface area contributed by atoms with Crippen LogP contribution in [0.25, 0.3) is 0 Å². The Balaban J connectivity index is 3.49. The summed E-state index contributed by atoms with van der Waals surface area (Å²) in [6.45, 7) is 2.42. The SMILES string of the molecule is CCOCC(=O)CCCS(C)(=O)=O. The van der Waals surface area contributed by atoms with Crippen LogP contribution in [0.15, 0.2) is 0 Å². The molecule has 0 aromatic carbocycles. The molecule has 0 saturated carbocycles. The fourth-order valence-electron chi connectivity index (χ4n) is 0.820. The highest BCUT2D eigenvalue weighted by Crippen LogP contribution is 1.96. The Morgan fingerprint density at radius 2 is 2.00 bits per heavy atom. The van der Waals surface area contributed by atoms with Crippen LogP contribution in [0, 0.1) is 0 Å². The van der Waals surface area contributed by atoms with E-state index >= 15 is 0 Å². The molecule has 0 unspecified atom stereocenters. The van der Waals surface area contributed by atoms with Gasteiger partial charge >= 0.3 is 0 Å². The van der Waals surface area contributed by atoms with Crippen LogP contribution in [0.5, 0.6) is 0 Å². The molecular weight excluding hydrogens is 192 g/mol. The van der Waals surface area contributed by atoms with E-state index in [0.717, 1.165) is 0 Å². The van der Waals surface area contributed by atoms with Gasteiger partial charge in [0.05, 0.1) is 5.75 Å². The minimum absolute atomic E-state index is 0.0366. The number of sulfone groups is 1. The number of hydrogen-bond donors (Lipinski definition) is 0. The molecule has 0 atom stereocenters. The Hall–Kier alpha value is -0.420. The maximum Gasteiger partial charge on any atom is 0.158 e. The molecule has 0 aromatic rings. The molecule has 0 aliphatic heterocycles. The van der Waals surface area contributed by atoms with Crippen molar-refractivity contribution < 1.29 is 17.9 Å². The van der Waals surface area contributed by atoms with Gasteiger partial charge in [-0.05, 0) is 13.3 Å². The quantitative estimate of drug-likeness (QED) is 0.608. The molecule has 4 nitrogen and oxygen atoms in total. The van der Waals surface area contributed by atoms with Crippen molar-refractivity contribution >= 4 is 15.6 Å². The van der Waals surface area contributed by atoms with Crippen LogP contribution in [0.1, 0.15) is 19.8 Å². The predicted molar refractivity (Wildman–Crippen MR) is 50.4 cm³/mol. The van der Waals surface area contributed by atoms with Gasteiger partial charge in [-0.1, -0.05) is 0 Å². The molecule has 0 fully saturated rings. The molecule has 0 bridgehead atoms. The Labute approximate surface area is 79.2 Å². The smallest absolute Gasteiger partial charge is 0.158 e. The molecule has 13 heavy (non-hydrogen) atoms. The number of hydrogen-bond acceptors (Lipinski definition) is 4. The molecule has 0 amide bonds. The van der Waals surface area contributed by atoms with Crippen LogP contribution in [-0.2, 0) is 19.4 Å². The Kier molecular flexibility index (Phi) is 5.90. The monoisotopic (exact) mass is 208 g/mol. The van der Waals surface area contributed by atoms with E-state index in [0.29, 0.717) is 13.0 Å². The van der Waals surface area contributed by atoms with Crippen molar-refractivity contribution in [2.24, 2.45) is 0 Å². The minimum Gasteiger partial charge on any atom is -0.374 e. The first-order valence-corrected chi connectivity index (χ1v) is 6.29. The highest BCUT2D eigenvalue weighted by atomic mass is 32.2. The average molecular weight is 208 g/mol. The van der Waals surface area contributed by atoms with E-state index in [-0.39, 0.29) is 24.6 Å². The summed E-state index contributed by atoms with van der Waals surface area (Å²) in [5, 5.41) is 0. The second-order valence-corrected chi connectivity index (χ2v) is 5.17. The first-order chi connectivity index (χ1) is 5.95. The Morgan fingerprint density at radius 3 is 2.46 bits per heavy atom. The summed E-state index contributed by atoms with van der Waals surface area (Å²) in [5.74, 6) is 0.0377. The number of Topliss-reactive ketones (excluding diaryl/α,β-unsaturated/α-hetero) is 1. The summed E-state index contributed by atoms with van der Waals surface area (Å²) in [5.41, 5.74) is 0. The lowest BCUT2D eigenvalue weighted by Crippen LogP contribution is -2.11. The molecular formula is C8H16O4S. The number of carbonyl (C=O) groups excluding carboxylic acids is 1. The zero-order valence-electron chi connectivity index (χ0n) is 8.08. The van der Waals surface area contributed by atoms with Crippen LogP contribution >= 0.6 is 0 Å². The van der Waals surface area contributed by atoms with E-state index in [1.165, 1.54) is 6.26 Å². The lowest BCUT2D eigenvalue weighted by Gasteiger charge is -2.00. The molecule has 0 heterocycles. The third-order valence-corrected chi connectivity index (χ3v) is 2.47. The standard InChI is InChI=1S/C8H16O4S/c1-3-12-7-8(9)5-4-6-13(2,10)11/h3-7H2,1-2H3. The van der Waals surface area contributed by atoms with Crippen molar-refractivity contribution in [3.05, 3.63) is 0 Å². The molecule has 78 valence electrons. The number of ether oxygens (including phenoxy) is 1. The lowest BCUT2D eigenvalue weighted by molar-refractivity contribution is -0.123. The number of carbonyl (C=O) groups is 1. The van der Waals surface area contributed by atoms with Crippen molar-refractivity contribution in [2.75, 3.05) is 25.2 Å². The summed E-state index contributed by atoms with van der Waals surface area (Å²) in [6.07, 6.45) is 1.85. The van der Waals surface area contributed by atoms with Crippen LogP contribution in [0.3, 0.4) is 0 Å². The van der Waals surface area contributed by atoms with E-state index in [9.17, 15) is 13.2 Å². The molecule has 0 aromatic heterocycles. The van der Waals surface area contributed by atoms with E-state index in [1.807, 2.05) is 6.92 Å². The van der Waals surface area contributed by atoms with Gasteiger partial charge in [0.25, 0.3) is 0 Å². The van der Waals surface area contributed by atoms with Crippen LogP contribution in [0.4, 0.5) is 0 Å². The zero-order valence-corrected chi connectivity index (χ0v) is 8.89. The normalized spacial score (nSPS) is 11.5. The lowest BCUT2D eigenvalue weighted by atomic mass is 10.2. The fraction of sp³-hybridized carbons (Fsp3) is 0.875. The molecule has 0 spiro atoms. The minimum atomic E-state index is -2.93. The first-order valence-electron chi connectivity index (χ1n) is 4.23. The second kappa shape index (κ2) is 6.10. The van der Waals surface area contributed by atoms with Crippen molar-refractivity contribution in [1.29, 1.82) is 0 Å². The van der Waals surface area contributed by atoms with Gasteiger partial charge < -0.3 is 4.74 Å². The van der Waals surface area contributed by atoms with Gasteiger partial charge in [0, 0.05) is 19.3 Å². The van der Waals surface area contributed by atoms with Crippen LogP contribution in [-0.4, -0.2) is 39.4 Å². The molecule has 0 aliphatic carbocycles.